The molecule has 18 heavy (non-hydrogen) atoms. The van der Waals surface area contributed by atoms with Crippen molar-refractivity contribution in [3.8, 4) is 0 Å². The predicted octanol–water partition coefficient (Wildman–Crippen LogP) is 5.52. The normalized spacial score (nSPS) is 24.1. The Bertz CT molecular complexity index is 222. The highest BCUT2D eigenvalue weighted by Crippen LogP contribution is 2.33. The summed E-state index contributed by atoms with van der Waals surface area (Å²) in [7, 11) is 0. The molecule has 0 radical (unpaired) electrons. The molecule has 1 fully saturated rings. The van der Waals surface area contributed by atoms with Crippen molar-refractivity contribution < 1.29 is 4.79 Å². The van der Waals surface area contributed by atoms with Crippen molar-refractivity contribution in [1.29, 1.82) is 0 Å². The van der Waals surface area contributed by atoms with Gasteiger partial charge in [-0.1, -0.05) is 65.2 Å². The zero-order valence-electron chi connectivity index (χ0n) is 12.5. The van der Waals surface area contributed by atoms with Crippen LogP contribution in [0.3, 0.4) is 0 Å². The average molecular weight is 252 g/mol. The lowest BCUT2D eigenvalue weighted by molar-refractivity contribution is -0.125. The molecule has 0 heterocycles. The second-order valence-corrected chi connectivity index (χ2v) is 6.04. The van der Waals surface area contributed by atoms with Crippen molar-refractivity contribution in [3.63, 3.8) is 0 Å². The summed E-state index contributed by atoms with van der Waals surface area (Å²) >= 11 is 0. The number of carbonyl (C=O) groups excluding carboxylic acids is 1. The van der Waals surface area contributed by atoms with Gasteiger partial charge in [0.1, 0.15) is 5.78 Å². The Morgan fingerprint density at radius 3 is 2.33 bits per heavy atom. The number of Topliss-reactive ketones (excluding diaryl/α,β-unsaturated/α-hetero) is 1. The van der Waals surface area contributed by atoms with Gasteiger partial charge in [0.05, 0.1) is 0 Å². The maximum atomic E-state index is 12.3. The minimum Gasteiger partial charge on any atom is -0.299 e. The van der Waals surface area contributed by atoms with E-state index in [4.69, 9.17) is 0 Å². The number of carbonyl (C=O) groups is 1. The molecule has 0 aromatic heterocycles. The molecular weight excluding hydrogens is 220 g/mol. The van der Waals surface area contributed by atoms with E-state index in [9.17, 15) is 4.79 Å². The van der Waals surface area contributed by atoms with Crippen LogP contribution in [0.25, 0.3) is 0 Å². The van der Waals surface area contributed by atoms with Crippen LogP contribution in [-0.2, 0) is 4.79 Å². The summed E-state index contributed by atoms with van der Waals surface area (Å²) in [5.74, 6) is 1.70. The van der Waals surface area contributed by atoms with Crippen LogP contribution in [0.2, 0.25) is 0 Å². The Labute approximate surface area is 114 Å². The smallest absolute Gasteiger partial charge is 0.136 e. The first kappa shape index (κ1) is 15.7. The summed E-state index contributed by atoms with van der Waals surface area (Å²) < 4.78 is 0. The average Bonchev–Trinajstić information content (AvgIpc) is 2.42. The van der Waals surface area contributed by atoms with E-state index in [1.807, 2.05) is 0 Å². The Kier molecular flexibility index (Phi) is 8.37. The number of rotatable bonds is 9. The minimum absolute atomic E-state index is 0.416. The summed E-state index contributed by atoms with van der Waals surface area (Å²) in [5, 5.41) is 0. The van der Waals surface area contributed by atoms with E-state index < -0.39 is 0 Å². The van der Waals surface area contributed by atoms with Gasteiger partial charge in [0.15, 0.2) is 0 Å². The van der Waals surface area contributed by atoms with E-state index in [2.05, 4.69) is 13.8 Å². The Morgan fingerprint density at radius 2 is 1.61 bits per heavy atom. The van der Waals surface area contributed by atoms with Crippen LogP contribution in [0.4, 0.5) is 0 Å². The number of ketones is 1. The Hall–Kier alpha value is -0.330. The molecule has 0 amide bonds. The lowest BCUT2D eigenvalue weighted by Gasteiger charge is -2.29. The van der Waals surface area contributed by atoms with Gasteiger partial charge in [0, 0.05) is 12.3 Å². The summed E-state index contributed by atoms with van der Waals surface area (Å²) in [6.45, 7) is 4.50. The zero-order valence-corrected chi connectivity index (χ0v) is 12.5. The first-order chi connectivity index (χ1) is 8.79. The van der Waals surface area contributed by atoms with Crippen LogP contribution in [0.15, 0.2) is 0 Å². The molecule has 1 saturated carbocycles. The first-order valence-corrected chi connectivity index (χ1v) is 8.32. The molecule has 1 rings (SSSR count). The molecule has 0 aromatic rings. The highest BCUT2D eigenvalue weighted by atomic mass is 16.1. The summed E-state index contributed by atoms with van der Waals surface area (Å²) in [6, 6.07) is 0. The quantitative estimate of drug-likeness (QED) is 0.494. The summed E-state index contributed by atoms with van der Waals surface area (Å²) in [6.07, 6.45) is 14.9. The van der Waals surface area contributed by atoms with Gasteiger partial charge in [-0.3, -0.25) is 4.79 Å². The number of unbranched alkanes of at least 4 members (excludes halogenated alkanes) is 5. The zero-order chi connectivity index (χ0) is 13.2. The van der Waals surface area contributed by atoms with E-state index in [0.717, 1.165) is 12.8 Å². The van der Waals surface area contributed by atoms with Crippen molar-refractivity contribution in [1.82, 2.24) is 0 Å². The third-order valence-corrected chi connectivity index (χ3v) is 4.62. The standard InChI is InChI=1S/C17H32O/c1-3-5-6-7-8-9-14-17(18)16-13-11-10-12-15(16)4-2/h15-16H,3-14H2,1-2H3. The van der Waals surface area contributed by atoms with Crippen LogP contribution in [-0.4, -0.2) is 5.78 Å². The maximum Gasteiger partial charge on any atom is 0.136 e. The van der Waals surface area contributed by atoms with Crippen molar-refractivity contribution in [2.45, 2.75) is 90.9 Å². The third kappa shape index (κ3) is 5.54. The fourth-order valence-corrected chi connectivity index (χ4v) is 3.39. The molecule has 2 atom stereocenters. The Balaban J connectivity index is 2.14. The summed E-state index contributed by atoms with van der Waals surface area (Å²) in [5.41, 5.74) is 0. The van der Waals surface area contributed by atoms with E-state index in [1.165, 1.54) is 64.2 Å². The molecule has 1 nitrogen and oxygen atoms in total. The van der Waals surface area contributed by atoms with Crippen LogP contribution in [0, 0.1) is 11.8 Å². The van der Waals surface area contributed by atoms with E-state index in [0.29, 0.717) is 17.6 Å². The van der Waals surface area contributed by atoms with Crippen molar-refractivity contribution >= 4 is 5.78 Å². The summed E-state index contributed by atoms with van der Waals surface area (Å²) in [4.78, 5) is 12.3. The minimum atomic E-state index is 0.416. The van der Waals surface area contributed by atoms with Gasteiger partial charge in [0.2, 0.25) is 0 Å². The topological polar surface area (TPSA) is 17.1 Å². The monoisotopic (exact) mass is 252 g/mol. The molecule has 0 saturated heterocycles. The van der Waals surface area contributed by atoms with Gasteiger partial charge in [0.25, 0.3) is 0 Å². The largest absolute Gasteiger partial charge is 0.299 e. The van der Waals surface area contributed by atoms with Gasteiger partial charge in [-0.15, -0.1) is 0 Å². The molecule has 0 bridgehead atoms. The lowest BCUT2D eigenvalue weighted by Crippen LogP contribution is -2.26. The van der Waals surface area contributed by atoms with Gasteiger partial charge < -0.3 is 0 Å². The maximum absolute atomic E-state index is 12.3. The van der Waals surface area contributed by atoms with Gasteiger partial charge >= 0.3 is 0 Å². The fourth-order valence-electron chi connectivity index (χ4n) is 3.39. The highest BCUT2D eigenvalue weighted by molar-refractivity contribution is 5.81. The molecule has 0 aliphatic heterocycles. The lowest BCUT2D eigenvalue weighted by atomic mass is 9.75. The third-order valence-electron chi connectivity index (χ3n) is 4.62. The van der Waals surface area contributed by atoms with Crippen molar-refractivity contribution in [2.24, 2.45) is 11.8 Å². The molecule has 1 aliphatic rings. The molecule has 2 unspecified atom stereocenters. The van der Waals surface area contributed by atoms with Crippen LogP contribution in [0.5, 0.6) is 0 Å². The van der Waals surface area contributed by atoms with E-state index >= 15 is 0 Å². The number of hydrogen-bond acceptors (Lipinski definition) is 1. The molecular formula is C17H32O. The van der Waals surface area contributed by atoms with Gasteiger partial charge in [-0.05, 0) is 25.2 Å². The molecule has 0 aromatic carbocycles. The molecule has 0 N–H and O–H groups in total. The van der Waals surface area contributed by atoms with E-state index in [-0.39, 0.29) is 0 Å². The number of hydrogen-bond donors (Lipinski definition) is 0. The van der Waals surface area contributed by atoms with Crippen LogP contribution < -0.4 is 0 Å². The van der Waals surface area contributed by atoms with Gasteiger partial charge in [-0.25, -0.2) is 0 Å². The Morgan fingerprint density at radius 1 is 0.944 bits per heavy atom. The van der Waals surface area contributed by atoms with Crippen LogP contribution >= 0.6 is 0 Å². The highest BCUT2D eigenvalue weighted by Gasteiger charge is 2.28. The molecule has 0 spiro atoms. The molecule has 106 valence electrons. The van der Waals surface area contributed by atoms with E-state index in [1.54, 1.807) is 0 Å². The van der Waals surface area contributed by atoms with Gasteiger partial charge in [-0.2, -0.15) is 0 Å². The predicted molar refractivity (Wildman–Crippen MR) is 78.7 cm³/mol. The second-order valence-electron chi connectivity index (χ2n) is 6.04. The SMILES string of the molecule is CCCCCCCCC(=O)C1CCCCC1CC. The van der Waals surface area contributed by atoms with Crippen molar-refractivity contribution in [2.75, 3.05) is 0 Å². The van der Waals surface area contributed by atoms with Crippen molar-refractivity contribution in [3.05, 3.63) is 0 Å². The second kappa shape index (κ2) is 9.58. The fraction of sp³-hybridized carbons (Fsp3) is 0.941. The molecule has 1 heteroatoms. The molecule has 1 aliphatic carbocycles. The first-order valence-electron chi connectivity index (χ1n) is 8.32. The van der Waals surface area contributed by atoms with Crippen LogP contribution in [0.1, 0.15) is 90.9 Å².